The van der Waals surface area contributed by atoms with Crippen LogP contribution >= 0.6 is 0 Å². The van der Waals surface area contributed by atoms with E-state index in [1.165, 1.54) is 18.5 Å². The van der Waals surface area contributed by atoms with Crippen molar-refractivity contribution in [1.82, 2.24) is 15.0 Å². The average molecular weight is 497 g/mol. The summed E-state index contributed by atoms with van der Waals surface area (Å²) >= 11 is 0. The SMILES string of the molecule is CC1(C)OCC(COc2cc(C(F)(F)F)ccc2-c2cc(Oc3ccc4ccccc4n3)ncn2)O1. The molecule has 0 aliphatic carbocycles. The highest BCUT2D eigenvalue weighted by Gasteiger charge is 2.34. The summed E-state index contributed by atoms with van der Waals surface area (Å²) in [4.78, 5) is 12.8. The standard InChI is InChI=1S/C26H22F3N3O4/c1-25(2)34-14-18(36-25)13-33-22-11-17(26(27,28)29)8-9-19(22)21-12-24(31-15-30-21)35-23-10-7-16-5-3-4-6-20(16)32-23/h3-12,15,18H,13-14H2,1-2H3. The maximum atomic E-state index is 13.4. The molecule has 0 amide bonds. The number of para-hydroxylation sites is 1. The van der Waals surface area contributed by atoms with Gasteiger partial charge in [-0.2, -0.15) is 13.2 Å². The molecule has 0 bridgehead atoms. The van der Waals surface area contributed by atoms with Crippen LogP contribution in [0.4, 0.5) is 13.2 Å². The number of aromatic nitrogens is 3. The van der Waals surface area contributed by atoms with Crippen molar-refractivity contribution in [3.63, 3.8) is 0 Å². The van der Waals surface area contributed by atoms with E-state index in [9.17, 15) is 13.2 Å². The smallest absolute Gasteiger partial charge is 0.416 e. The fourth-order valence-electron chi connectivity index (χ4n) is 3.81. The largest absolute Gasteiger partial charge is 0.490 e. The Kier molecular flexibility index (Phi) is 6.23. The molecule has 1 aliphatic heterocycles. The van der Waals surface area contributed by atoms with Gasteiger partial charge < -0.3 is 18.9 Å². The van der Waals surface area contributed by atoms with E-state index in [2.05, 4.69) is 15.0 Å². The van der Waals surface area contributed by atoms with Crippen LogP contribution in [-0.4, -0.2) is 40.1 Å². The first-order valence-electron chi connectivity index (χ1n) is 11.2. The Morgan fingerprint density at radius 2 is 1.83 bits per heavy atom. The highest BCUT2D eigenvalue weighted by atomic mass is 19.4. The third-order valence-electron chi connectivity index (χ3n) is 5.50. The highest BCUT2D eigenvalue weighted by Crippen LogP contribution is 2.38. The number of ether oxygens (including phenoxy) is 4. The fraction of sp³-hybridized carbons (Fsp3) is 0.269. The number of halogens is 3. The maximum absolute atomic E-state index is 13.4. The van der Waals surface area contributed by atoms with E-state index in [0.29, 0.717) is 17.1 Å². The van der Waals surface area contributed by atoms with Gasteiger partial charge in [0.15, 0.2) is 5.79 Å². The molecular weight excluding hydrogens is 475 g/mol. The average Bonchev–Trinajstić information content (AvgIpc) is 3.20. The zero-order chi connectivity index (χ0) is 25.3. The first-order valence-corrected chi connectivity index (χ1v) is 11.2. The molecule has 1 aliphatic rings. The van der Waals surface area contributed by atoms with E-state index in [1.54, 1.807) is 19.9 Å². The second-order valence-corrected chi connectivity index (χ2v) is 8.66. The lowest BCUT2D eigenvalue weighted by Gasteiger charge is -2.19. The van der Waals surface area contributed by atoms with Crippen molar-refractivity contribution in [1.29, 1.82) is 0 Å². The summed E-state index contributed by atoms with van der Waals surface area (Å²) in [5.74, 6) is -0.266. The molecule has 1 saturated heterocycles. The predicted molar refractivity (Wildman–Crippen MR) is 125 cm³/mol. The zero-order valence-electron chi connectivity index (χ0n) is 19.5. The van der Waals surface area contributed by atoms with Crippen LogP contribution in [0.25, 0.3) is 22.2 Å². The van der Waals surface area contributed by atoms with Crippen molar-refractivity contribution in [2.24, 2.45) is 0 Å². The minimum Gasteiger partial charge on any atom is -0.490 e. The molecule has 3 heterocycles. The van der Waals surface area contributed by atoms with Crippen LogP contribution < -0.4 is 9.47 Å². The Hall–Kier alpha value is -3.76. The van der Waals surface area contributed by atoms with Crippen molar-refractivity contribution in [2.75, 3.05) is 13.2 Å². The van der Waals surface area contributed by atoms with Gasteiger partial charge in [0.05, 0.1) is 23.4 Å². The maximum Gasteiger partial charge on any atom is 0.416 e. The molecule has 0 N–H and O–H groups in total. The Morgan fingerprint density at radius 3 is 2.61 bits per heavy atom. The van der Waals surface area contributed by atoms with E-state index in [4.69, 9.17) is 18.9 Å². The van der Waals surface area contributed by atoms with E-state index < -0.39 is 23.6 Å². The number of hydrogen-bond acceptors (Lipinski definition) is 7. The number of fused-ring (bicyclic) bond motifs is 1. The van der Waals surface area contributed by atoms with Crippen LogP contribution in [0.2, 0.25) is 0 Å². The summed E-state index contributed by atoms with van der Waals surface area (Å²) in [5, 5.41) is 0.958. The molecule has 1 unspecified atom stereocenters. The number of benzene rings is 2. The van der Waals surface area contributed by atoms with Crippen LogP contribution in [0.15, 0.2) is 67.0 Å². The molecular formula is C26H22F3N3O4. The Bertz CT molecular complexity index is 1390. The quantitative estimate of drug-likeness (QED) is 0.322. The van der Waals surface area contributed by atoms with E-state index >= 15 is 0 Å². The number of rotatable bonds is 6. The molecule has 186 valence electrons. The van der Waals surface area contributed by atoms with Crippen LogP contribution in [-0.2, 0) is 15.7 Å². The van der Waals surface area contributed by atoms with Crippen molar-refractivity contribution in [2.45, 2.75) is 31.9 Å². The van der Waals surface area contributed by atoms with Gasteiger partial charge in [-0.25, -0.2) is 15.0 Å². The van der Waals surface area contributed by atoms with Gasteiger partial charge in [-0.15, -0.1) is 0 Å². The second kappa shape index (κ2) is 9.36. The third-order valence-corrected chi connectivity index (χ3v) is 5.50. The molecule has 4 aromatic rings. The second-order valence-electron chi connectivity index (χ2n) is 8.66. The minimum absolute atomic E-state index is 0.00612. The molecule has 5 rings (SSSR count). The summed E-state index contributed by atoms with van der Waals surface area (Å²) in [6.07, 6.45) is -3.69. The molecule has 0 radical (unpaired) electrons. The van der Waals surface area contributed by atoms with Gasteiger partial charge in [0, 0.05) is 23.1 Å². The predicted octanol–water partition coefficient (Wildman–Crippen LogP) is 6.03. The van der Waals surface area contributed by atoms with Crippen molar-refractivity contribution >= 4 is 10.9 Å². The fourth-order valence-corrected chi connectivity index (χ4v) is 3.81. The van der Waals surface area contributed by atoms with E-state index in [1.807, 2.05) is 30.3 Å². The topological polar surface area (TPSA) is 75.6 Å². The van der Waals surface area contributed by atoms with Crippen LogP contribution in [0, 0.1) is 0 Å². The summed E-state index contributed by atoms with van der Waals surface area (Å²) < 4.78 is 63.0. The van der Waals surface area contributed by atoms with Gasteiger partial charge in [0.2, 0.25) is 11.8 Å². The third kappa shape index (κ3) is 5.39. The Balaban J connectivity index is 1.42. The monoisotopic (exact) mass is 497 g/mol. The van der Waals surface area contributed by atoms with Gasteiger partial charge in [-0.3, -0.25) is 0 Å². The lowest BCUT2D eigenvalue weighted by molar-refractivity contribution is -0.141. The minimum atomic E-state index is -4.53. The molecule has 10 heteroatoms. The molecule has 7 nitrogen and oxygen atoms in total. The Labute approximate surface area is 204 Å². The Morgan fingerprint density at radius 1 is 1.00 bits per heavy atom. The van der Waals surface area contributed by atoms with Crippen molar-refractivity contribution < 1.29 is 32.1 Å². The first kappa shape index (κ1) is 24.0. The van der Waals surface area contributed by atoms with Gasteiger partial charge in [0.1, 0.15) is 24.8 Å². The normalized spacial score (nSPS) is 17.3. The highest BCUT2D eigenvalue weighted by molar-refractivity contribution is 5.78. The lowest BCUT2D eigenvalue weighted by atomic mass is 10.1. The van der Waals surface area contributed by atoms with Gasteiger partial charge >= 0.3 is 6.18 Å². The molecule has 0 spiro atoms. The van der Waals surface area contributed by atoms with E-state index in [-0.39, 0.29) is 24.8 Å². The first-order chi connectivity index (χ1) is 17.2. The van der Waals surface area contributed by atoms with Crippen LogP contribution in [0.5, 0.6) is 17.5 Å². The molecule has 1 fully saturated rings. The molecule has 2 aromatic carbocycles. The molecule has 36 heavy (non-hydrogen) atoms. The molecule has 0 saturated carbocycles. The van der Waals surface area contributed by atoms with Crippen LogP contribution in [0.1, 0.15) is 19.4 Å². The lowest BCUT2D eigenvalue weighted by Crippen LogP contribution is -2.25. The number of pyridine rings is 1. The van der Waals surface area contributed by atoms with E-state index in [0.717, 1.165) is 23.0 Å². The number of alkyl halides is 3. The van der Waals surface area contributed by atoms with Crippen molar-refractivity contribution in [3.8, 4) is 28.8 Å². The summed E-state index contributed by atoms with van der Waals surface area (Å²) in [6.45, 7) is 3.80. The summed E-state index contributed by atoms with van der Waals surface area (Å²) in [7, 11) is 0. The number of hydrogen-bond donors (Lipinski definition) is 0. The van der Waals surface area contributed by atoms with Gasteiger partial charge in [0.25, 0.3) is 0 Å². The van der Waals surface area contributed by atoms with Gasteiger partial charge in [-0.1, -0.05) is 18.2 Å². The summed E-state index contributed by atoms with van der Waals surface area (Å²) in [6, 6.07) is 15.9. The summed E-state index contributed by atoms with van der Waals surface area (Å²) in [5.41, 5.74) is 0.591. The van der Waals surface area contributed by atoms with Gasteiger partial charge in [-0.05, 0) is 44.2 Å². The van der Waals surface area contributed by atoms with Crippen molar-refractivity contribution in [3.05, 3.63) is 72.6 Å². The zero-order valence-corrected chi connectivity index (χ0v) is 19.5. The number of nitrogens with zero attached hydrogens (tertiary/aromatic N) is 3. The van der Waals surface area contributed by atoms with Crippen LogP contribution in [0.3, 0.4) is 0 Å². The molecule has 2 aromatic heterocycles. The molecule has 1 atom stereocenters.